The molecular weight excluding hydrogens is 334 g/mol. The number of nitrogens with zero attached hydrogens (tertiary/aromatic N) is 3. The lowest BCUT2D eigenvalue weighted by molar-refractivity contribution is -0.0324. The Kier molecular flexibility index (Phi) is 4.88. The van der Waals surface area contributed by atoms with Crippen LogP contribution in [0.25, 0.3) is 0 Å². The summed E-state index contributed by atoms with van der Waals surface area (Å²) in [5, 5.41) is 21.4. The van der Waals surface area contributed by atoms with Crippen molar-refractivity contribution < 1.29 is 19.4 Å². The van der Waals surface area contributed by atoms with Crippen molar-refractivity contribution in [1.29, 1.82) is 0 Å². The molecule has 9 nitrogen and oxygen atoms in total. The molecule has 1 aliphatic heterocycles. The number of amides is 2. The third-order valence-electron chi connectivity index (χ3n) is 3.62. The lowest BCUT2D eigenvalue weighted by Gasteiger charge is -2.30. The van der Waals surface area contributed by atoms with Crippen LogP contribution in [0.15, 0.2) is 23.2 Å². The molecule has 0 saturated carbocycles. The lowest BCUT2D eigenvalue weighted by Crippen LogP contribution is -2.53. The number of aliphatic hydroxyl groups is 1. The van der Waals surface area contributed by atoms with E-state index in [1.165, 1.54) is 22.4 Å². The average molecular weight is 351 g/mol. The Labute approximate surface area is 141 Å². The molecule has 0 spiro atoms. The fourth-order valence-corrected chi connectivity index (χ4v) is 2.93. The van der Waals surface area contributed by atoms with Gasteiger partial charge < -0.3 is 20.1 Å². The first-order valence-electron chi connectivity index (χ1n) is 7.33. The smallest absolute Gasteiger partial charge is 0.272 e. The fourth-order valence-electron chi connectivity index (χ4n) is 2.40. The van der Waals surface area contributed by atoms with Gasteiger partial charge in [0.2, 0.25) is 0 Å². The number of rotatable bonds is 4. The minimum absolute atomic E-state index is 0.0249. The van der Waals surface area contributed by atoms with E-state index in [9.17, 15) is 14.7 Å². The van der Waals surface area contributed by atoms with Gasteiger partial charge in [0.25, 0.3) is 11.8 Å². The number of hydrogen-bond donors (Lipinski definition) is 3. The highest BCUT2D eigenvalue weighted by atomic mass is 32.1. The van der Waals surface area contributed by atoms with Crippen molar-refractivity contribution >= 4 is 23.2 Å². The van der Waals surface area contributed by atoms with Gasteiger partial charge in [0.05, 0.1) is 31.8 Å². The summed E-state index contributed by atoms with van der Waals surface area (Å²) < 4.78 is 5.40. The van der Waals surface area contributed by atoms with Crippen molar-refractivity contribution in [3.8, 4) is 0 Å². The molecule has 2 aromatic heterocycles. The number of ether oxygens (including phenoxy) is 1. The Morgan fingerprint density at radius 1 is 1.54 bits per heavy atom. The maximum atomic E-state index is 12.4. The van der Waals surface area contributed by atoms with Gasteiger partial charge in [-0.3, -0.25) is 14.7 Å². The van der Waals surface area contributed by atoms with Crippen molar-refractivity contribution in [1.82, 2.24) is 25.4 Å². The summed E-state index contributed by atoms with van der Waals surface area (Å²) in [6, 6.07) is 1.57. The van der Waals surface area contributed by atoms with E-state index in [0.717, 1.165) is 0 Å². The zero-order valence-corrected chi connectivity index (χ0v) is 13.6. The SMILES string of the molecule is O=C(NC[C@]1(O)COCCN(C(=O)c2ccn[nH]2)C1)c1cscn1. The molecule has 0 radical (unpaired) electrons. The van der Waals surface area contributed by atoms with Gasteiger partial charge in [-0.2, -0.15) is 5.10 Å². The first kappa shape index (κ1) is 16.6. The molecule has 10 heteroatoms. The molecular formula is C14H17N5O4S. The van der Waals surface area contributed by atoms with Crippen LogP contribution in [0.3, 0.4) is 0 Å². The largest absolute Gasteiger partial charge is 0.384 e. The third-order valence-corrected chi connectivity index (χ3v) is 4.21. The Hall–Kier alpha value is -2.30. The second kappa shape index (κ2) is 7.07. The molecule has 3 heterocycles. The third kappa shape index (κ3) is 3.78. The molecule has 1 fully saturated rings. The Bertz CT molecular complexity index is 690. The monoisotopic (exact) mass is 351 g/mol. The van der Waals surface area contributed by atoms with Crippen LogP contribution in [0.2, 0.25) is 0 Å². The number of aromatic nitrogens is 3. The molecule has 0 aromatic carbocycles. The van der Waals surface area contributed by atoms with E-state index in [0.29, 0.717) is 24.5 Å². The maximum absolute atomic E-state index is 12.4. The van der Waals surface area contributed by atoms with Gasteiger partial charge >= 0.3 is 0 Å². The first-order valence-corrected chi connectivity index (χ1v) is 8.27. The highest BCUT2D eigenvalue weighted by molar-refractivity contribution is 7.07. The van der Waals surface area contributed by atoms with Gasteiger partial charge in [-0.25, -0.2) is 4.98 Å². The standard InChI is InChI=1S/C14H17N5O4S/c20-12(11-5-24-9-16-11)15-6-14(22)7-19(3-4-23-8-14)13(21)10-1-2-17-18-10/h1-2,5,9,22H,3-4,6-8H2,(H,15,20)(H,17,18)/t14-/m1/s1. The number of hydrogen-bond acceptors (Lipinski definition) is 7. The molecule has 1 atom stereocenters. The summed E-state index contributed by atoms with van der Waals surface area (Å²) >= 11 is 1.31. The lowest BCUT2D eigenvalue weighted by atomic mass is 10.0. The van der Waals surface area contributed by atoms with Crippen LogP contribution in [0, 0.1) is 0 Å². The van der Waals surface area contributed by atoms with Crippen molar-refractivity contribution in [2.75, 3.05) is 32.8 Å². The van der Waals surface area contributed by atoms with Gasteiger partial charge in [0, 0.05) is 18.1 Å². The van der Waals surface area contributed by atoms with Crippen LogP contribution in [0.1, 0.15) is 21.0 Å². The predicted octanol–water partition coefficient (Wildman–Crippen LogP) is -0.500. The summed E-state index contributed by atoms with van der Waals surface area (Å²) in [5.41, 5.74) is 0.815. The van der Waals surface area contributed by atoms with Crippen molar-refractivity contribution in [2.45, 2.75) is 5.60 Å². The summed E-state index contributed by atoms with van der Waals surface area (Å²) in [5.74, 6) is -0.650. The molecule has 1 saturated heterocycles. The summed E-state index contributed by atoms with van der Waals surface area (Å²) in [6.45, 7) is 0.678. The van der Waals surface area contributed by atoms with Gasteiger partial charge in [-0.05, 0) is 6.07 Å². The second-order valence-corrected chi connectivity index (χ2v) is 6.25. The number of carbonyl (C=O) groups is 2. The molecule has 2 amide bonds. The van der Waals surface area contributed by atoms with Crippen LogP contribution in [-0.4, -0.2) is 75.5 Å². The van der Waals surface area contributed by atoms with Crippen LogP contribution < -0.4 is 5.32 Å². The van der Waals surface area contributed by atoms with Crippen LogP contribution in [0.5, 0.6) is 0 Å². The number of thiazole rings is 1. The van der Waals surface area contributed by atoms with E-state index in [1.807, 2.05) is 0 Å². The molecule has 2 aromatic rings. The molecule has 0 unspecified atom stereocenters. The number of β-amino-alcohol motifs (C(OH)–C–C–N with tert-alkyl or cyclic N) is 1. The number of nitrogens with one attached hydrogen (secondary N) is 2. The quantitative estimate of drug-likeness (QED) is 0.683. The van der Waals surface area contributed by atoms with Crippen molar-refractivity contribution in [3.05, 3.63) is 34.5 Å². The molecule has 1 aliphatic rings. The first-order chi connectivity index (χ1) is 11.6. The highest BCUT2D eigenvalue weighted by Gasteiger charge is 2.35. The predicted molar refractivity (Wildman–Crippen MR) is 84.7 cm³/mol. The normalized spacial score (nSPS) is 21.3. The van der Waals surface area contributed by atoms with Gasteiger partial charge in [0.1, 0.15) is 17.0 Å². The average Bonchev–Trinajstić information content (AvgIpc) is 3.25. The molecule has 128 valence electrons. The van der Waals surface area contributed by atoms with Gasteiger partial charge in [0.15, 0.2) is 0 Å². The molecule has 24 heavy (non-hydrogen) atoms. The summed E-state index contributed by atoms with van der Waals surface area (Å²) in [7, 11) is 0. The zero-order chi connectivity index (χ0) is 17.0. The summed E-state index contributed by atoms with van der Waals surface area (Å²) in [6.07, 6.45) is 1.49. The highest BCUT2D eigenvalue weighted by Crippen LogP contribution is 2.14. The van der Waals surface area contributed by atoms with Crippen LogP contribution in [0.4, 0.5) is 0 Å². The van der Waals surface area contributed by atoms with Crippen LogP contribution in [-0.2, 0) is 4.74 Å². The van der Waals surface area contributed by atoms with Crippen molar-refractivity contribution in [2.24, 2.45) is 0 Å². The molecule has 0 aliphatic carbocycles. The van der Waals surface area contributed by atoms with E-state index in [4.69, 9.17) is 4.74 Å². The topological polar surface area (TPSA) is 120 Å². The summed E-state index contributed by atoms with van der Waals surface area (Å²) in [4.78, 5) is 29.8. The van der Waals surface area contributed by atoms with E-state index in [2.05, 4.69) is 20.5 Å². The number of aromatic amines is 1. The minimum Gasteiger partial charge on any atom is -0.384 e. The fraction of sp³-hybridized carbons (Fsp3) is 0.429. The van der Waals surface area contributed by atoms with Gasteiger partial charge in [-0.15, -0.1) is 11.3 Å². The second-order valence-electron chi connectivity index (χ2n) is 5.53. The van der Waals surface area contributed by atoms with E-state index in [-0.39, 0.29) is 31.5 Å². The van der Waals surface area contributed by atoms with Crippen LogP contribution >= 0.6 is 11.3 Å². The Balaban J connectivity index is 1.64. The van der Waals surface area contributed by atoms with Crippen molar-refractivity contribution in [3.63, 3.8) is 0 Å². The molecule has 3 rings (SSSR count). The molecule has 3 N–H and O–H groups in total. The van der Waals surface area contributed by atoms with E-state index >= 15 is 0 Å². The Morgan fingerprint density at radius 3 is 3.12 bits per heavy atom. The minimum atomic E-state index is -1.38. The van der Waals surface area contributed by atoms with E-state index < -0.39 is 5.60 Å². The number of carbonyl (C=O) groups excluding carboxylic acids is 2. The maximum Gasteiger partial charge on any atom is 0.272 e. The molecule has 0 bridgehead atoms. The Morgan fingerprint density at radius 2 is 2.42 bits per heavy atom. The number of H-pyrrole nitrogens is 1. The van der Waals surface area contributed by atoms with E-state index in [1.54, 1.807) is 17.0 Å². The zero-order valence-electron chi connectivity index (χ0n) is 12.8. The van der Waals surface area contributed by atoms with Gasteiger partial charge in [-0.1, -0.05) is 0 Å².